The van der Waals surface area contributed by atoms with Gasteiger partial charge in [-0.2, -0.15) is 15.4 Å². The molecule has 20 heavy (non-hydrogen) atoms. The van der Waals surface area contributed by atoms with Crippen LogP contribution in [0.3, 0.4) is 0 Å². The summed E-state index contributed by atoms with van der Waals surface area (Å²) in [4.78, 5) is 16.4. The van der Waals surface area contributed by atoms with Crippen LogP contribution in [0.4, 0.5) is 0 Å². The van der Waals surface area contributed by atoms with Crippen molar-refractivity contribution in [3.63, 3.8) is 0 Å². The number of aromatic nitrogens is 4. The lowest BCUT2D eigenvalue weighted by Gasteiger charge is -2.20. The molecule has 0 bridgehead atoms. The number of carbonyl (C=O) groups excluding carboxylic acids is 1. The average Bonchev–Trinajstić information content (AvgIpc) is 2.85. The van der Waals surface area contributed by atoms with Crippen LogP contribution in [0.2, 0.25) is 0 Å². The minimum absolute atomic E-state index is 0.0766. The molecule has 2 rings (SSSR count). The lowest BCUT2D eigenvalue weighted by atomic mass is 9.98. The molecule has 0 aliphatic heterocycles. The first-order valence-electron chi connectivity index (χ1n) is 6.66. The molecule has 0 fully saturated rings. The van der Waals surface area contributed by atoms with Crippen LogP contribution in [0, 0.1) is 12.8 Å². The second kappa shape index (κ2) is 6.27. The number of nitrogens with zero attached hydrogens (tertiary/aromatic N) is 3. The molecule has 0 aromatic carbocycles. The summed E-state index contributed by atoms with van der Waals surface area (Å²) in [5.41, 5.74) is 1.93. The van der Waals surface area contributed by atoms with E-state index in [0.717, 1.165) is 12.0 Å². The van der Waals surface area contributed by atoms with Crippen LogP contribution in [-0.2, 0) is 0 Å². The SMILES string of the molecule is Cc1n[nH]nc1C(=O)NC(CC(C)C)c1cccnc1. The summed E-state index contributed by atoms with van der Waals surface area (Å²) in [7, 11) is 0. The van der Waals surface area contributed by atoms with Crippen LogP contribution >= 0.6 is 0 Å². The number of nitrogens with one attached hydrogen (secondary N) is 2. The van der Waals surface area contributed by atoms with E-state index in [2.05, 4.69) is 39.6 Å². The van der Waals surface area contributed by atoms with E-state index in [1.54, 1.807) is 19.3 Å². The van der Waals surface area contributed by atoms with E-state index >= 15 is 0 Å². The third-order valence-electron chi connectivity index (χ3n) is 3.04. The van der Waals surface area contributed by atoms with Gasteiger partial charge >= 0.3 is 0 Å². The molecule has 0 radical (unpaired) electrons. The third kappa shape index (κ3) is 3.40. The Hall–Kier alpha value is -2.24. The predicted octanol–water partition coefficient (Wildman–Crippen LogP) is 2.03. The summed E-state index contributed by atoms with van der Waals surface area (Å²) in [5, 5.41) is 13.2. The number of H-pyrrole nitrogens is 1. The maximum Gasteiger partial charge on any atom is 0.274 e. The van der Waals surface area contributed by atoms with Gasteiger partial charge in [-0.15, -0.1) is 0 Å². The van der Waals surface area contributed by atoms with Crippen molar-refractivity contribution in [3.8, 4) is 0 Å². The molecule has 106 valence electrons. The van der Waals surface area contributed by atoms with Crippen LogP contribution in [0.25, 0.3) is 0 Å². The van der Waals surface area contributed by atoms with Gasteiger partial charge in [0.1, 0.15) is 0 Å². The van der Waals surface area contributed by atoms with E-state index < -0.39 is 0 Å². The van der Waals surface area contributed by atoms with E-state index in [4.69, 9.17) is 0 Å². The summed E-state index contributed by atoms with van der Waals surface area (Å²) < 4.78 is 0. The zero-order valence-electron chi connectivity index (χ0n) is 11.9. The van der Waals surface area contributed by atoms with Gasteiger partial charge < -0.3 is 5.32 Å². The maximum absolute atomic E-state index is 12.2. The Morgan fingerprint density at radius 2 is 2.20 bits per heavy atom. The van der Waals surface area contributed by atoms with E-state index in [1.807, 2.05) is 12.1 Å². The van der Waals surface area contributed by atoms with Crippen molar-refractivity contribution in [1.29, 1.82) is 0 Å². The Balaban J connectivity index is 2.16. The first kappa shape index (κ1) is 14.2. The normalized spacial score (nSPS) is 12.4. The van der Waals surface area contributed by atoms with Crippen molar-refractivity contribution in [2.45, 2.75) is 33.2 Å². The highest BCUT2D eigenvalue weighted by atomic mass is 16.2. The standard InChI is InChI=1S/C14H19N5O/c1-9(2)7-12(11-5-4-6-15-8-11)16-14(20)13-10(3)17-19-18-13/h4-6,8-9,12H,7H2,1-3H3,(H,16,20)(H,17,18,19). The zero-order chi connectivity index (χ0) is 14.5. The molecule has 2 aromatic rings. The first-order valence-corrected chi connectivity index (χ1v) is 6.66. The van der Waals surface area contributed by atoms with Crippen molar-refractivity contribution in [3.05, 3.63) is 41.5 Å². The molecule has 0 aliphatic carbocycles. The molecule has 0 aliphatic rings. The van der Waals surface area contributed by atoms with Crippen LogP contribution in [0.5, 0.6) is 0 Å². The van der Waals surface area contributed by atoms with Crippen LogP contribution in [-0.4, -0.2) is 26.3 Å². The van der Waals surface area contributed by atoms with Crippen molar-refractivity contribution in [1.82, 2.24) is 25.7 Å². The predicted molar refractivity (Wildman–Crippen MR) is 75.0 cm³/mol. The second-order valence-electron chi connectivity index (χ2n) is 5.20. The number of amides is 1. The van der Waals surface area contributed by atoms with Crippen LogP contribution in [0.1, 0.15) is 48.1 Å². The quantitative estimate of drug-likeness (QED) is 0.873. The van der Waals surface area contributed by atoms with E-state index in [1.165, 1.54) is 0 Å². The Bertz CT molecular complexity index is 564. The molecular weight excluding hydrogens is 254 g/mol. The van der Waals surface area contributed by atoms with Gasteiger partial charge in [-0.05, 0) is 30.9 Å². The number of aryl methyl sites for hydroxylation is 1. The topological polar surface area (TPSA) is 83.6 Å². The highest BCUT2D eigenvalue weighted by Crippen LogP contribution is 2.21. The maximum atomic E-state index is 12.2. The molecule has 6 nitrogen and oxygen atoms in total. The number of rotatable bonds is 5. The molecule has 2 N–H and O–H groups in total. The second-order valence-corrected chi connectivity index (χ2v) is 5.20. The minimum atomic E-state index is -0.217. The summed E-state index contributed by atoms with van der Waals surface area (Å²) >= 11 is 0. The van der Waals surface area contributed by atoms with E-state index in [9.17, 15) is 4.79 Å². The summed E-state index contributed by atoms with van der Waals surface area (Å²) in [6.45, 7) is 5.99. The Morgan fingerprint density at radius 3 is 2.75 bits per heavy atom. The van der Waals surface area contributed by atoms with Gasteiger partial charge in [0.05, 0.1) is 11.7 Å². The van der Waals surface area contributed by atoms with Crippen molar-refractivity contribution in [2.24, 2.45) is 5.92 Å². The molecule has 6 heteroatoms. The van der Waals surface area contributed by atoms with Crippen LogP contribution in [0.15, 0.2) is 24.5 Å². The number of aromatic amines is 1. The van der Waals surface area contributed by atoms with E-state index in [-0.39, 0.29) is 11.9 Å². The molecule has 2 aromatic heterocycles. The van der Waals surface area contributed by atoms with Gasteiger partial charge in [0.2, 0.25) is 0 Å². The fraction of sp³-hybridized carbons (Fsp3) is 0.429. The monoisotopic (exact) mass is 273 g/mol. The number of hydrogen-bond acceptors (Lipinski definition) is 4. The lowest BCUT2D eigenvalue weighted by molar-refractivity contribution is 0.0926. The Kier molecular flexibility index (Phi) is 4.45. The molecule has 0 saturated carbocycles. The third-order valence-corrected chi connectivity index (χ3v) is 3.04. The van der Waals surface area contributed by atoms with Crippen LogP contribution < -0.4 is 5.32 Å². The molecule has 2 heterocycles. The highest BCUT2D eigenvalue weighted by Gasteiger charge is 2.20. The average molecular weight is 273 g/mol. The molecule has 1 atom stereocenters. The fourth-order valence-corrected chi connectivity index (χ4v) is 2.06. The molecule has 0 spiro atoms. The van der Waals surface area contributed by atoms with Gasteiger partial charge in [-0.25, -0.2) is 0 Å². The first-order chi connectivity index (χ1) is 9.58. The number of pyridine rings is 1. The fourth-order valence-electron chi connectivity index (χ4n) is 2.06. The van der Waals surface area contributed by atoms with Crippen molar-refractivity contribution >= 4 is 5.91 Å². The smallest absolute Gasteiger partial charge is 0.274 e. The van der Waals surface area contributed by atoms with Crippen molar-refractivity contribution in [2.75, 3.05) is 0 Å². The van der Waals surface area contributed by atoms with Gasteiger partial charge in [0.15, 0.2) is 5.69 Å². The van der Waals surface area contributed by atoms with Gasteiger partial charge in [-0.1, -0.05) is 19.9 Å². The Morgan fingerprint density at radius 1 is 1.40 bits per heavy atom. The molecule has 1 unspecified atom stereocenters. The largest absolute Gasteiger partial charge is 0.344 e. The summed E-state index contributed by atoms with van der Waals surface area (Å²) in [6, 6.07) is 3.76. The zero-order valence-corrected chi connectivity index (χ0v) is 11.9. The summed E-state index contributed by atoms with van der Waals surface area (Å²) in [5.74, 6) is 0.240. The van der Waals surface area contributed by atoms with Gasteiger partial charge in [0.25, 0.3) is 5.91 Å². The van der Waals surface area contributed by atoms with Gasteiger partial charge in [0, 0.05) is 12.4 Å². The lowest BCUT2D eigenvalue weighted by Crippen LogP contribution is -2.30. The summed E-state index contributed by atoms with van der Waals surface area (Å²) in [6.07, 6.45) is 4.34. The molecule has 0 saturated heterocycles. The minimum Gasteiger partial charge on any atom is -0.344 e. The van der Waals surface area contributed by atoms with Gasteiger partial charge in [-0.3, -0.25) is 9.78 Å². The highest BCUT2D eigenvalue weighted by molar-refractivity contribution is 5.93. The van der Waals surface area contributed by atoms with E-state index in [0.29, 0.717) is 17.3 Å². The van der Waals surface area contributed by atoms with Crippen molar-refractivity contribution < 1.29 is 4.79 Å². The molecular formula is C14H19N5O. The molecule has 1 amide bonds. The Labute approximate surface area is 118 Å². The number of hydrogen-bond donors (Lipinski definition) is 2. The number of carbonyl (C=O) groups is 1.